The highest BCUT2D eigenvalue weighted by Gasteiger charge is 2.64. The molecule has 0 amide bonds. The molecule has 2 heteroatoms. The van der Waals surface area contributed by atoms with Gasteiger partial charge in [-0.2, -0.15) is 0 Å². The minimum atomic E-state index is -0.382. The van der Waals surface area contributed by atoms with E-state index in [1.807, 2.05) is 30.3 Å². The highest BCUT2D eigenvalue weighted by Crippen LogP contribution is 2.62. The van der Waals surface area contributed by atoms with E-state index in [1.165, 1.54) is 19.3 Å². The molecule has 0 bridgehead atoms. The summed E-state index contributed by atoms with van der Waals surface area (Å²) in [6.45, 7) is 0.632. The fourth-order valence-corrected chi connectivity index (χ4v) is 3.27. The molecular weight excluding hydrogens is 200 g/mol. The second-order valence-corrected chi connectivity index (χ2v) is 5.05. The van der Waals surface area contributed by atoms with Gasteiger partial charge in [0.25, 0.3) is 0 Å². The van der Waals surface area contributed by atoms with Gasteiger partial charge in [0.1, 0.15) is 5.75 Å². The third-order valence-electron chi connectivity index (χ3n) is 4.21. The van der Waals surface area contributed by atoms with Gasteiger partial charge in [0.2, 0.25) is 0 Å². The lowest BCUT2D eigenvalue weighted by Crippen LogP contribution is -2.19. The Hall–Kier alpha value is -1.02. The number of hydrogen-bond acceptors (Lipinski definition) is 2. The van der Waals surface area contributed by atoms with Crippen molar-refractivity contribution in [2.45, 2.75) is 31.3 Å². The molecule has 2 fully saturated rings. The molecule has 0 spiro atoms. The molecule has 86 valence electrons. The van der Waals surface area contributed by atoms with E-state index in [1.54, 1.807) is 0 Å². The van der Waals surface area contributed by atoms with Crippen LogP contribution in [0.25, 0.3) is 0 Å². The van der Waals surface area contributed by atoms with Crippen LogP contribution in [0.2, 0.25) is 0 Å². The van der Waals surface area contributed by atoms with Crippen molar-refractivity contribution in [1.29, 1.82) is 0 Å². The first-order chi connectivity index (χ1) is 7.81. The van der Waals surface area contributed by atoms with Crippen LogP contribution in [0.1, 0.15) is 25.7 Å². The zero-order valence-electron chi connectivity index (χ0n) is 9.43. The zero-order chi connectivity index (χ0) is 11.0. The summed E-state index contributed by atoms with van der Waals surface area (Å²) in [5.74, 6) is 2.05. The fraction of sp³-hybridized carbons (Fsp3) is 0.571. The Labute approximate surface area is 96.2 Å². The maximum absolute atomic E-state index is 10.3. The van der Waals surface area contributed by atoms with Gasteiger partial charge in [-0.1, -0.05) is 24.6 Å². The molecule has 3 rings (SSSR count). The van der Waals surface area contributed by atoms with Crippen LogP contribution in [0.15, 0.2) is 30.3 Å². The minimum Gasteiger partial charge on any atom is -0.493 e. The fourth-order valence-electron chi connectivity index (χ4n) is 3.27. The Morgan fingerprint density at radius 1 is 1.19 bits per heavy atom. The van der Waals surface area contributed by atoms with Crippen molar-refractivity contribution in [3.63, 3.8) is 0 Å². The number of fused-ring (bicyclic) bond motifs is 1. The van der Waals surface area contributed by atoms with Crippen LogP contribution in [0.4, 0.5) is 0 Å². The minimum absolute atomic E-state index is 0.382. The number of hydrogen-bond donors (Lipinski definition) is 1. The first-order valence-corrected chi connectivity index (χ1v) is 6.21. The monoisotopic (exact) mass is 218 g/mol. The molecular formula is C14H18O2. The van der Waals surface area contributed by atoms with E-state index in [9.17, 15) is 5.11 Å². The van der Waals surface area contributed by atoms with Gasteiger partial charge >= 0.3 is 0 Å². The Kier molecular flexibility index (Phi) is 2.40. The van der Waals surface area contributed by atoms with E-state index >= 15 is 0 Å². The predicted octanol–water partition coefficient (Wildman–Crippen LogP) is 2.62. The number of ether oxygens (including phenoxy) is 1. The highest BCUT2D eigenvalue weighted by atomic mass is 16.5. The SMILES string of the molecule is OC1(CCOc2ccccc2)C2CCCC21. The summed E-state index contributed by atoms with van der Waals surface area (Å²) in [4.78, 5) is 0. The van der Waals surface area contributed by atoms with E-state index in [0.717, 1.165) is 12.2 Å². The van der Waals surface area contributed by atoms with Crippen LogP contribution < -0.4 is 4.74 Å². The molecule has 1 aromatic carbocycles. The van der Waals surface area contributed by atoms with Crippen molar-refractivity contribution < 1.29 is 9.84 Å². The molecule has 1 aromatic rings. The molecule has 1 N–H and O–H groups in total. The largest absolute Gasteiger partial charge is 0.493 e. The lowest BCUT2D eigenvalue weighted by atomic mass is 10.1. The molecule has 2 saturated carbocycles. The molecule has 2 aliphatic carbocycles. The maximum Gasteiger partial charge on any atom is 0.119 e. The van der Waals surface area contributed by atoms with Crippen molar-refractivity contribution in [1.82, 2.24) is 0 Å². The van der Waals surface area contributed by atoms with E-state index in [2.05, 4.69) is 0 Å². The van der Waals surface area contributed by atoms with Gasteiger partial charge in [-0.25, -0.2) is 0 Å². The molecule has 2 nitrogen and oxygen atoms in total. The third kappa shape index (κ3) is 1.61. The topological polar surface area (TPSA) is 29.5 Å². The van der Waals surface area contributed by atoms with Crippen LogP contribution in [-0.4, -0.2) is 17.3 Å². The molecule has 0 saturated heterocycles. The van der Waals surface area contributed by atoms with Crippen LogP contribution >= 0.6 is 0 Å². The summed E-state index contributed by atoms with van der Waals surface area (Å²) in [5.41, 5.74) is -0.382. The smallest absolute Gasteiger partial charge is 0.119 e. The summed E-state index contributed by atoms with van der Waals surface area (Å²) in [5, 5.41) is 10.3. The van der Waals surface area contributed by atoms with E-state index in [-0.39, 0.29) is 5.60 Å². The second-order valence-electron chi connectivity index (χ2n) is 5.05. The average Bonchev–Trinajstić information content (AvgIpc) is 2.71. The van der Waals surface area contributed by atoms with Gasteiger partial charge in [0, 0.05) is 6.42 Å². The Morgan fingerprint density at radius 3 is 2.56 bits per heavy atom. The van der Waals surface area contributed by atoms with Gasteiger partial charge in [0.05, 0.1) is 12.2 Å². The van der Waals surface area contributed by atoms with E-state index in [4.69, 9.17) is 4.74 Å². The summed E-state index contributed by atoms with van der Waals surface area (Å²) in [6.07, 6.45) is 4.52. The van der Waals surface area contributed by atoms with Crippen molar-refractivity contribution >= 4 is 0 Å². The molecule has 16 heavy (non-hydrogen) atoms. The van der Waals surface area contributed by atoms with Gasteiger partial charge in [-0.3, -0.25) is 0 Å². The van der Waals surface area contributed by atoms with Gasteiger partial charge in [-0.15, -0.1) is 0 Å². The third-order valence-corrected chi connectivity index (χ3v) is 4.21. The van der Waals surface area contributed by atoms with Crippen molar-refractivity contribution in [3.8, 4) is 5.75 Å². The first kappa shape index (κ1) is 10.2. The molecule has 0 heterocycles. The van der Waals surface area contributed by atoms with Crippen molar-refractivity contribution in [2.75, 3.05) is 6.61 Å². The molecule has 0 aliphatic heterocycles. The standard InChI is InChI=1S/C14H18O2/c15-14(12-7-4-8-13(12)14)9-10-16-11-5-2-1-3-6-11/h1-3,5-6,12-13,15H,4,7-10H2. The molecule has 2 aliphatic rings. The van der Waals surface area contributed by atoms with Crippen molar-refractivity contribution in [3.05, 3.63) is 30.3 Å². The van der Waals surface area contributed by atoms with E-state index in [0.29, 0.717) is 18.4 Å². The van der Waals surface area contributed by atoms with Crippen LogP contribution in [0.5, 0.6) is 5.75 Å². The van der Waals surface area contributed by atoms with Crippen molar-refractivity contribution in [2.24, 2.45) is 11.8 Å². The normalized spacial score (nSPS) is 35.8. The molecule has 0 aromatic heterocycles. The lowest BCUT2D eigenvalue weighted by molar-refractivity contribution is 0.0792. The lowest BCUT2D eigenvalue weighted by Gasteiger charge is -2.14. The number of para-hydroxylation sites is 1. The molecule has 0 radical (unpaired) electrons. The second kappa shape index (κ2) is 3.77. The Morgan fingerprint density at radius 2 is 1.88 bits per heavy atom. The number of aliphatic hydroxyl groups is 1. The first-order valence-electron chi connectivity index (χ1n) is 6.21. The van der Waals surface area contributed by atoms with Gasteiger partial charge in [-0.05, 0) is 36.8 Å². The van der Waals surface area contributed by atoms with Gasteiger partial charge < -0.3 is 9.84 Å². The molecule has 2 unspecified atom stereocenters. The average molecular weight is 218 g/mol. The summed E-state index contributed by atoms with van der Waals surface area (Å²) < 4.78 is 5.63. The predicted molar refractivity (Wildman–Crippen MR) is 62.3 cm³/mol. The molecule has 2 atom stereocenters. The van der Waals surface area contributed by atoms with Crippen LogP contribution in [-0.2, 0) is 0 Å². The highest BCUT2D eigenvalue weighted by molar-refractivity contribution is 5.21. The van der Waals surface area contributed by atoms with Gasteiger partial charge in [0.15, 0.2) is 0 Å². The number of rotatable bonds is 4. The van der Waals surface area contributed by atoms with Crippen LogP contribution in [0, 0.1) is 11.8 Å². The van der Waals surface area contributed by atoms with Crippen LogP contribution in [0.3, 0.4) is 0 Å². The summed E-state index contributed by atoms with van der Waals surface area (Å²) in [7, 11) is 0. The summed E-state index contributed by atoms with van der Waals surface area (Å²) in [6, 6.07) is 9.83. The summed E-state index contributed by atoms with van der Waals surface area (Å²) >= 11 is 0. The zero-order valence-corrected chi connectivity index (χ0v) is 9.43. The van der Waals surface area contributed by atoms with E-state index < -0.39 is 0 Å². The quantitative estimate of drug-likeness (QED) is 0.841. The Bertz CT molecular complexity index is 350. The number of benzene rings is 1. The maximum atomic E-state index is 10.3. The Balaban J connectivity index is 1.48.